The maximum absolute atomic E-state index is 13.5. The molecule has 1 saturated heterocycles. The van der Waals surface area contributed by atoms with E-state index in [-0.39, 0.29) is 23.8 Å². The van der Waals surface area contributed by atoms with Crippen molar-refractivity contribution in [3.8, 4) is 45.7 Å². The summed E-state index contributed by atoms with van der Waals surface area (Å²) in [6.45, 7) is 1.94. The van der Waals surface area contributed by atoms with E-state index in [0.717, 1.165) is 22.9 Å². The smallest absolute Gasteiger partial charge is 0.247 e. The lowest BCUT2D eigenvalue weighted by Gasteiger charge is -2.18. The summed E-state index contributed by atoms with van der Waals surface area (Å²) in [5.74, 6) is 0.662. The van der Waals surface area contributed by atoms with Crippen LogP contribution in [-0.4, -0.2) is 43.4 Å². The molecule has 2 heterocycles. The summed E-state index contributed by atoms with van der Waals surface area (Å²) in [6.07, 6.45) is -0.000988. The summed E-state index contributed by atoms with van der Waals surface area (Å²) in [7, 11) is 4.57. The molecule has 3 aromatic carbocycles. The maximum atomic E-state index is 13.5. The Labute approximate surface area is 242 Å². The Bertz CT molecular complexity index is 1640. The molecule has 2 amide bonds. The first-order chi connectivity index (χ1) is 19.9. The van der Waals surface area contributed by atoms with E-state index < -0.39 is 5.25 Å². The second-order valence-electron chi connectivity index (χ2n) is 9.34. The number of imide groups is 1. The van der Waals surface area contributed by atoms with Gasteiger partial charge in [0.1, 0.15) is 11.1 Å². The SMILES string of the molecule is COc1cc(-c2cc(-c3ccccc3)nc(S[C@H]3CC(=O)N(c4ccc(C)cc4)C3=O)c2C#N)cc(OC)c1OC. The molecule has 0 unspecified atom stereocenters. The minimum absolute atomic E-state index is 0.000988. The highest BCUT2D eigenvalue weighted by Gasteiger charge is 2.41. The van der Waals surface area contributed by atoms with Crippen LogP contribution >= 0.6 is 11.8 Å². The minimum atomic E-state index is -0.734. The van der Waals surface area contributed by atoms with Gasteiger partial charge < -0.3 is 14.2 Å². The number of pyridine rings is 1. The van der Waals surface area contributed by atoms with Gasteiger partial charge in [-0.1, -0.05) is 59.8 Å². The Kier molecular flexibility index (Phi) is 7.95. The molecular weight excluding hydrogens is 538 g/mol. The van der Waals surface area contributed by atoms with Gasteiger partial charge in [-0.2, -0.15) is 5.26 Å². The molecular formula is C32H27N3O5S. The summed E-state index contributed by atoms with van der Waals surface area (Å²) >= 11 is 1.13. The van der Waals surface area contributed by atoms with Gasteiger partial charge in [0, 0.05) is 17.5 Å². The average molecular weight is 566 g/mol. The molecule has 0 saturated carbocycles. The number of thioether (sulfide) groups is 1. The number of hydrogen-bond donors (Lipinski definition) is 0. The molecule has 1 aromatic heterocycles. The highest BCUT2D eigenvalue weighted by atomic mass is 32.2. The zero-order valence-corrected chi connectivity index (χ0v) is 23.8. The summed E-state index contributed by atoms with van der Waals surface area (Å²) in [5, 5.41) is 9.99. The van der Waals surface area contributed by atoms with E-state index in [2.05, 4.69) is 6.07 Å². The predicted octanol–water partition coefficient (Wildman–Crippen LogP) is 6.05. The molecule has 0 radical (unpaired) electrons. The second-order valence-corrected chi connectivity index (χ2v) is 10.5. The quantitative estimate of drug-likeness (QED) is 0.238. The van der Waals surface area contributed by atoms with Crippen LogP contribution in [0.3, 0.4) is 0 Å². The molecule has 1 atom stereocenters. The first kappa shape index (κ1) is 27.7. The highest BCUT2D eigenvalue weighted by Crippen LogP contribution is 2.44. The molecule has 1 fully saturated rings. The van der Waals surface area contributed by atoms with Gasteiger partial charge in [-0.15, -0.1) is 0 Å². The van der Waals surface area contributed by atoms with E-state index in [9.17, 15) is 14.9 Å². The summed E-state index contributed by atoms with van der Waals surface area (Å²) in [4.78, 5) is 32.5. The van der Waals surface area contributed by atoms with Gasteiger partial charge in [-0.3, -0.25) is 9.59 Å². The lowest BCUT2D eigenvalue weighted by atomic mass is 9.98. The normalized spacial score (nSPS) is 14.6. The molecule has 8 nitrogen and oxygen atoms in total. The Morgan fingerprint density at radius 2 is 1.56 bits per heavy atom. The number of aromatic nitrogens is 1. The van der Waals surface area contributed by atoms with Gasteiger partial charge in [0.15, 0.2) is 11.5 Å². The van der Waals surface area contributed by atoms with Crippen LogP contribution in [0.15, 0.2) is 77.8 Å². The van der Waals surface area contributed by atoms with Crippen molar-refractivity contribution in [2.24, 2.45) is 0 Å². The van der Waals surface area contributed by atoms with Crippen molar-refractivity contribution in [2.45, 2.75) is 23.6 Å². The molecule has 0 spiro atoms. The maximum Gasteiger partial charge on any atom is 0.247 e. The van der Waals surface area contributed by atoms with Crippen molar-refractivity contribution < 1.29 is 23.8 Å². The van der Waals surface area contributed by atoms with Gasteiger partial charge in [-0.25, -0.2) is 9.88 Å². The lowest BCUT2D eigenvalue weighted by molar-refractivity contribution is -0.121. The van der Waals surface area contributed by atoms with Gasteiger partial charge in [0.05, 0.1) is 43.5 Å². The van der Waals surface area contributed by atoms with E-state index in [4.69, 9.17) is 19.2 Å². The molecule has 1 aliphatic rings. The third kappa shape index (κ3) is 5.34. The number of aryl methyl sites for hydroxylation is 1. The zero-order valence-electron chi connectivity index (χ0n) is 23.0. The number of methoxy groups -OCH3 is 3. The van der Waals surface area contributed by atoms with Crippen LogP contribution in [0.2, 0.25) is 0 Å². The van der Waals surface area contributed by atoms with Crippen molar-refractivity contribution in [1.29, 1.82) is 5.26 Å². The molecule has 0 bridgehead atoms. The van der Waals surface area contributed by atoms with Crippen molar-refractivity contribution in [1.82, 2.24) is 4.98 Å². The molecule has 4 aromatic rings. The fourth-order valence-corrected chi connectivity index (χ4v) is 5.86. The van der Waals surface area contributed by atoms with Crippen LogP contribution in [-0.2, 0) is 9.59 Å². The van der Waals surface area contributed by atoms with E-state index in [1.807, 2.05) is 55.5 Å². The number of carbonyl (C=O) groups is 2. The van der Waals surface area contributed by atoms with Crippen LogP contribution in [0.1, 0.15) is 17.5 Å². The Morgan fingerprint density at radius 3 is 2.15 bits per heavy atom. The zero-order chi connectivity index (χ0) is 29.1. The van der Waals surface area contributed by atoms with Crippen molar-refractivity contribution >= 4 is 29.3 Å². The fourth-order valence-electron chi connectivity index (χ4n) is 4.73. The first-order valence-corrected chi connectivity index (χ1v) is 13.7. The van der Waals surface area contributed by atoms with Crippen LogP contribution < -0.4 is 19.1 Å². The Hall–Kier alpha value is -4.81. The topological polar surface area (TPSA) is 102 Å². The van der Waals surface area contributed by atoms with Crippen LogP contribution in [0, 0.1) is 18.3 Å². The highest BCUT2D eigenvalue weighted by molar-refractivity contribution is 8.00. The summed E-state index contributed by atoms with van der Waals surface area (Å²) in [5.41, 5.74) is 4.50. The Morgan fingerprint density at radius 1 is 0.902 bits per heavy atom. The van der Waals surface area contributed by atoms with Crippen molar-refractivity contribution in [2.75, 3.05) is 26.2 Å². The standard InChI is InChI=1S/C32H27N3O5S/c1-19-10-12-22(13-11-19)35-29(36)17-28(32(35)37)41-31-24(18-33)23(16-25(34-31)20-8-6-5-7-9-20)21-14-26(38-2)30(40-4)27(15-21)39-3/h5-16,28H,17H2,1-4H3/t28-/m0/s1. The molecule has 0 N–H and O–H groups in total. The number of anilines is 1. The monoisotopic (exact) mass is 565 g/mol. The third-order valence-corrected chi connectivity index (χ3v) is 7.97. The summed E-state index contributed by atoms with van der Waals surface area (Å²) in [6, 6.07) is 24.5. The van der Waals surface area contributed by atoms with Gasteiger partial charge in [0.2, 0.25) is 17.6 Å². The van der Waals surface area contributed by atoms with Crippen LogP contribution in [0.4, 0.5) is 5.69 Å². The van der Waals surface area contributed by atoms with E-state index >= 15 is 0 Å². The third-order valence-electron chi connectivity index (χ3n) is 6.79. The minimum Gasteiger partial charge on any atom is -0.493 e. The molecule has 41 heavy (non-hydrogen) atoms. The molecule has 9 heteroatoms. The van der Waals surface area contributed by atoms with Crippen LogP contribution in [0.25, 0.3) is 22.4 Å². The number of ether oxygens (including phenoxy) is 3. The van der Waals surface area contributed by atoms with Gasteiger partial charge >= 0.3 is 0 Å². The Balaban J connectivity index is 1.63. The fraction of sp³-hybridized carbons (Fsp3) is 0.188. The number of nitriles is 1. The van der Waals surface area contributed by atoms with Crippen LogP contribution in [0.5, 0.6) is 17.2 Å². The number of nitrogens with zero attached hydrogens (tertiary/aromatic N) is 3. The largest absolute Gasteiger partial charge is 0.493 e. The number of benzene rings is 3. The van der Waals surface area contributed by atoms with E-state index in [1.54, 1.807) is 24.3 Å². The molecule has 0 aliphatic carbocycles. The summed E-state index contributed by atoms with van der Waals surface area (Å²) < 4.78 is 16.6. The first-order valence-electron chi connectivity index (χ1n) is 12.8. The van der Waals surface area contributed by atoms with E-state index in [0.29, 0.717) is 44.8 Å². The number of amides is 2. The number of carbonyl (C=O) groups excluding carboxylic acids is 2. The number of rotatable bonds is 8. The van der Waals surface area contributed by atoms with Crippen molar-refractivity contribution in [3.63, 3.8) is 0 Å². The number of hydrogen-bond acceptors (Lipinski definition) is 8. The molecule has 5 rings (SSSR count). The van der Waals surface area contributed by atoms with E-state index in [1.165, 1.54) is 26.2 Å². The van der Waals surface area contributed by atoms with Gasteiger partial charge in [0.25, 0.3) is 0 Å². The molecule has 1 aliphatic heterocycles. The second kappa shape index (κ2) is 11.7. The average Bonchev–Trinajstić information content (AvgIpc) is 3.28. The molecule has 206 valence electrons. The van der Waals surface area contributed by atoms with Gasteiger partial charge in [-0.05, 0) is 42.8 Å². The predicted molar refractivity (Wildman–Crippen MR) is 157 cm³/mol. The lowest BCUT2D eigenvalue weighted by Crippen LogP contribution is -2.31. The van der Waals surface area contributed by atoms with Crippen molar-refractivity contribution in [3.05, 3.63) is 83.9 Å².